The summed E-state index contributed by atoms with van der Waals surface area (Å²) in [5.74, 6) is 0.450. The summed E-state index contributed by atoms with van der Waals surface area (Å²) in [6.07, 6.45) is 3.52. The first-order chi connectivity index (χ1) is 14.0. The molecule has 7 heteroatoms. The molecule has 4 aromatic rings. The SMILES string of the molecule is Cc1ccc(-c2cc(C(=O)N[C@H](c3ccc(Cl)cc3)c3nccn3C)on2)cc1. The van der Waals surface area contributed by atoms with Crippen LogP contribution in [-0.2, 0) is 7.05 Å². The van der Waals surface area contributed by atoms with Crippen LogP contribution in [0.3, 0.4) is 0 Å². The third-order valence-corrected chi connectivity index (χ3v) is 4.93. The highest BCUT2D eigenvalue weighted by Crippen LogP contribution is 2.24. The fourth-order valence-electron chi connectivity index (χ4n) is 3.05. The fraction of sp³-hybridized carbons (Fsp3) is 0.136. The summed E-state index contributed by atoms with van der Waals surface area (Å²) in [5, 5.41) is 7.64. The highest BCUT2D eigenvalue weighted by molar-refractivity contribution is 6.30. The van der Waals surface area contributed by atoms with E-state index in [0.717, 1.165) is 16.7 Å². The molecule has 0 aliphatic carbocycles. The number of benzene rings is 2. The number of nitrogens with zero attached hydrogens (tertiary/aromatic N) is 3. The zero-order chi connectivity index (χ0) is 20.4. The van der Waals surface area contributed by atoms with Crippen LogP contribution in [0.4, 0.5) is 0 Å². The van der Waals surface area contributed by atoms with E-state index >= 15 is 0 Å². The predicted octanol–water partition coefficient (Wildman–Crippen LogP) is 4.56. The van der Waals surface area contributed by atoms with Crippen LogP contribution in [-0.4, -0.2) is 20.6 Å². The van der Waals surface area contributed by atoms with Crippen molar-refractivity contribution in [1.29, 1.82) is 0 Å². The summed E-state index contributed by atoms with van der Waals surface area (Å²) < 4.78 is 7.16. The maximum atomic E-state index is 12.9. The van der Waals surface area contributed by atoms with E-state index < -0.39 is 6.04 Å². The van der Waals surface area contributed by atoms with Gasteiger partial charge in [-0.3, -0.25) is 4.79 Å². The number of carbonyl (C=O) groups is 1. The van der Waals surface area contributed by atoms with Gasteiger partial charge in [0.1, 0.15) is 17.6 Å². The number of rotatable bonds is 5. The molecule has 0 saturated carbocycles. The maximum Gasteiger partial charge on any atom is 0.290 e. The number of imidazole rings is 1. The van der Waals surface area contributed by atoms with Crippen molar-refractivity contribution >= 4 is 17.5 Å². The lowest BCUT2D eigenvalue weighted by molar-refractivity contribution is 0.0904. The van der Waals surface area contributed by atoms with Crippen molar-refractivity contribution in [2.24, 2.45) is 7.05 Å². The Morgan fingerprint density at radius 3 is 2.52 bits per heavy atom. The van der Waals surface area contributed by atoms with Gasteiger partial charge < -0.3 is 14.4 Å². The summed E-state index contributed by atoms with van der Waals surface area (Å²) >= 11 is 6.01. The van der Waals surface area contributed by atoms with Crippen LogP contribution in [0.2, 0.25) is 5.02 Å². The molecule has 1 N–H and O–H groups in total. The highest BCUT2D eigenvalue weighted by Gasteiger charge is 2.23. The molecule has 0 radical (unpaired) electrons. The van der Waals surface area contributed by atoms with Crippen molar-refractivity contribution in [1.82, 2.24) is 20.0 Å². The van der Waals surface area contributed by atoms with Gasteiger partial charge in [0.25, 0.3) is 5.91 Å². The lowest BCUT2D eigenvalue weighted by atomic mass is 10.1. The zero-order valence-electron chi connectivity index (χ0n) is 16.0. The van der Waals surface area contributed by atoms with Gasteiger partial charge in [-0.1, -0.05) is 58.7 Å². The van der Waals surface area contributed by atoms with Crippen LogP contribution in [0, 0.1) is 6.92 Å². The monoisotopic (exact) mass is 406 g/mol. The molecule has 2 aromatic heterocycles. The molecule has 0 aliphatic heterocycles. The normalized spacial score (nSPS) is 12.0. The van der Waals surface area contributed by atoms with Gasteiger partial charge in [-0.05, 0) is 24.6 Å². The molecule has 2 heterocycles. The molecule has 0 saturated heterocycles. The Bertz CT molecular complexity index is 1130. The quantitative estimate of drug-likeness (QED) is 0.527. The smallest absolute Gasteiger partial charge is 0.290 e. The number of nitrogens with one attached hydrogen (secondary N) is 1. The summed E-state index contributed by atoms with van der Waals surface area (Å²) in [5.41, 5.74) is 3.50. The standard InChI is InChI=1S/C22H19ClN4O2/c1-14-3-5-15(6-4-14)18-13-19(29-26-18)22(28)25-20(21-24-11-12-27(21)2)16-7-9-17(23)10-8-16/h3-13,20H,1-2H3,(H,25,28)/t20-/m1/s1. The van der Waals surface area contributed by atoms with Crippen molar-refractivity contribution in [2.75, 3.05) is 0 Å². The molecule has 0 fully saturated rings. The van der Waals surface area contributed by atoms with E-state index in [-0.39, 0.29) is 11.7 Å². The maximum absolute atomic E-state index is 12.9. The summed E-state index contributed by atoms with van der Waals surface area (Å²) in [6.45, 7) is 2.01. The molecule has 6 nitrogen and oxygen atoms in total. The Labute approximate surface area is 173 Å². The highest BCUT2D eigenvalue weighted by atomic mass is 35.5. The van der Waals surface area contributed by atoms with Crippen LogP contribution >= 0.6 is 11.6 Å². The molecule has 0 spiro atoms. The van der Waals surface area contributed by atoms with Crippen molar-refractivity contribution in [3.8, 4) is 11.3 Å². The van der Waals surface area contributed by atoms with E-state index in [1.165, 1.54) is 0 Å². The number of hydrogen-bond acceptors (Lipinski definition) is 4. The Hall–Kier alpha value is -3.38. The summed E-state index contributed by atoms with van der Waals surface area (Å²) in [7, 11) is 1.88. The molecule has 1 atom stereocenters. The third kappa shape index (κ3) is 4.07. The van der Waals surface area contributed by atoms with Crippen molar-refractivity contribution in [3.05, 3.63) is 94.7 Å². The summed E-state index contributed by atoms with van der Waals surface area (Å²) in [4.78, 5) is 17.3. The van der Waals surface area contributed by atoms with Gasteiger partial charge in [0.2, 0.25) is 5.76 Å². The Morgan fingerprint density at radius 1 is 1.14 bits per heavy atom. The van der Waals surface area contributed by atoms with Crippen LogP contribution in [0.15, 0.2) is 71.5 Å². The average molecular weight is 407 g/mol. The molecule has 146 valence electrons. The van der Waals surface area contributed by atoms with Crippen LogP contribution < -0.4 is 5.32 Å². The molecule has 0 bridgehead atoms. The van der Waals surface area contributed by atoms with E-state index in [1.54, 1.807) is 24.4 Å². The molecule has 2 aromatic carbocycles. The molecule has 4 rings (SSSR count). The first-order valence-corrected chi connectivity index (χ1v) is 9.46. The number of hydrogen-bond donors (Lipinski definition) is 1. The van der Waals surface area contributed by atoms with Crippen LogP contribution in [0.5, 0.6) is 0 Å². The first kappa shape index (κ1) is 19.0. The van der Waals surface area contributed by atoms with Gasteiger partial charge in [-0.25, -0.2) is 4.98 Å². The Kier molecular flexibility index (Phi) is 5.18. The van der Waals surface area contributed by atoms with Crippen LogP contribution in [0.1, 0.15) is 33.5 Å². The number of aryl methyl sites for hydroxylation is 2. The average Bonchev–Trinajstić information content (AvgIpc) is 3.37. The molecule has 0 unspecified atom stereocenters. The molecule has 1 amide bonds. The van der Waals surface area contributed by atoms with E-state index in [9.17, 15) is 4.79 Å². The minimum Gasteiger partial charge on any atom is -0.350 e. The number of aromatic nitrogens is 3. The molecule has 0 aliphatic rings. The zero-order valence-corrected chi connectivity index (χ0v) is 16.7. The fourth-order valence-corrected chi connectivity index (χ4v) is 3.18. The first-order valence-electron chi connectivity index (χ1n) is 9.08. The van der Waals surface area contributed by atoms with Gasteiger partial charge in [0.15, 0.2) is 0 Å². The van der Waals surface area contributed by atoms with Gasteiger partial charge in [0, 0.05) is 36.1 Å². The Morgan fingerprint density at radius 2 is 1.86 bits per heavy atom. The van der Waals surface area contributed by atoms with Gasteiger partial charge in [-0.2, -0.15) is 0 Å². The Balaban J connectivity index is 1.61. The van der Waals surface area contributed by atoms with E-state index in [2.05, 4.69) is 15.5 Å². The predicted molar refractivity (Wildman–Crippen MR) is 111 cm³/mol. The summed E-state index contributed by atoms with van der Waals surface area (Å²) in [6, 6.07) is 16.3. The minimum absolute atomic E-state index is 0.133. The van der Waals surface area contributed by atoms with Crippen molar-refractivity contribution in [2.45, 2.75) is 13.0 Å². The second kappa shape index (κ2) is 7.93. The number of halogens is 1. The lowest BCUT2D eigenvalue weighted by Gasteiger charge is -2.18. The molecular weight excluding hydrogens is 388 g/mol. The lowest BCUT2D eigenvalue weighted by Crippen LogP contribution is -2.30. The third-order valence-electron chi connectivity index (χ3n) is 4.68. The van der Waals surface area contributed by atoms with E-state index in [1.807, 2.05) is 61.1 Å². The topological polar surface area (TPSA) is 73.0 Å². The minimum atomic E-state index is -0.465. The van der Waals surface area contributed by atoms with Crippen molar-refractivity contribution in [3.63, 3.8) is 0 Å². The van der Waals surface area contributed by atoms with E-state index in [0.29, 0.717) is 16.5 Å². The van der Waals surface area contributed by atoms with Gasteiger partial charge >= 0.3 is 0 Å². The number of amides is 1. The van der Waals surface area contributed by atoms with E-state index in [4.69, 9.17) is 16.1 Å². The second-order valence-corrected chi connectivity index (χ2v) is 7.23. The molecular formula is C22H19ClN4O2. The number of carbonyl (C=O) groups excluding carboxylic acids is 1. The van der Waals surface area contributed by atoms with Gasteiger partial charge in [0.05, 0.1) is 0 Å². The van der Waals surface area contributed by atoms with Crippen LogP contribution in [0.25, 0.3) is 11.3 Å². The van der Waals surface area contributed by atoms with Gasteiger partial charge in [-0.15, -0.1) is 0 Å². The largest absolute Gasteiger partial charge is 0.350 e. The molecule has 29 heavy (non-hydrogen) atoms. The second-order valence-electron chi connectivity index (χ2n) is 6.80. The van der Waals surface area contributed by atoms with Crippen molar-refractivity contribution < 1.29 is 9.32 Å².